The Balaban J connectivity index is 2.28. The van der Waals surface area contributed by atoms with E-state index in [1.54, 1.807) is 31.4 Å². The number of aromatic amines is 1. The number of aromatic nitrogens is 2. The lowest BCUT2D eigenvalue weighted by molar-refractivity contribution is 0.374. The molecular weight excluding hydrogens is 284 g/mol. The summed E-state index contributed by atoms with van der Waals surface area (Å²) in [6.07, 6.45) is 1.23. The summed E-state index contributed by atoms with van der Waals surface area (Å²) in [6, 6.07) is 9.10. The number of methoxy groups -OCH3 is 1. The van der Waals surface area contributed by atoms with Crippen LogP contribution in [0.5, 0.6) is 11.6 Å². The van der Waals surface area contributed by atoms with Crippen molar-refractivity contribution in [1.82, 2.24) is 9.97 Å². The average Bonchev–Trinajstić information content (AvgIpc) is 2.54. The van der Waals surface area contributed by atoms with Gasteiger partial charge >= 0.3 is 0 Å². The average molecular weight is 296 g/mol. The third kappa shape index (κ3) is 2.07. The van der Waals surface area contributed by atoms with Crippen LogP contribution in [0.2, 0.25) is 0 Å². The van der Waals surface area contributed by atoms with Crippen molar-refractivity contribution in [2.45, 2.75) is 5.92 Å². The monoisotopic (exact) mass is 296 g/mol. The van der Waals surface area contributed by atoms with Crippen molar-refractivity contribution in [1.29, 1.82) is 5.26 Å². The van der Waals surface area contributed by atoms with Crippen molar-refractivity contribution in [3.8, 4) is 17.7 Å². The van der Waals surface area contributed by atoms with Crippen LogP contribution < -0.4 is 20.8 Å². The summed E-state index contributed by atoms with van der Waals surface area (Å²) in [5.41, 5.74) is 6.54. The van der Waals surface area contributed by atoms with E-state index in [1.165, 1.54) is 6.33 Å². The molecule has 0 fully saturated rings. The standard InChI is InChI=1S/C15H12N4O3/c1-21-9-4-2-3-8(5-9)11-10(6-16)13(17)22-15-12(11)14(20)18-7-19-15/h2-5,7,11H,17H2,1H3,(H,18,19,20)/t11-/m0/s1. The van der Waals surface area contributed by atoms with Gasteiger partial charge in [-0.25, -0.2) is 4.98 Å². The number of ether oxygens (including phenoxy) is 2. The molecule has 22 heavy (non-hydrogen) atoms. The van der Waals surface area contributed by atoms with E-state index in [4.69, 9.17) is 15.2 Å². The van der Waals surface area contributed by atoms with Crippen LogP contribution in [0.15, 0.2) is 46.8 Å². The van der Waals surface area contributed by atoms with Crippen LogP contribution in [0.4, 0.5) is 0 Å². The second-order valence-electron chi connectivity index (χ2n) is 4.65. The molecule has 2 aromatic rings. The molecule has 0 amide bonds. The number of fused-ring (bicyclic) bond motifs is 1. The first-order valence-electron chi connectivity index (χ1n) is 6.44. The van der Waals surface area contributed by atoms with Gasteiger partial charge in [0.15, 0.2) is 0 Å². The molecule has 0 bridgehead atoms. The number of H-pyrrole nitrogens is 1. The van der Waals surface area contributed by atoms with Crippen LogP contribution in [-0.2, 0) is 0 Å². The van der Waals surface area contributed by atoms with Crippen molar-refractivity contribution in [2.75, 3.05) is 7.11 Å². The van der Waals surface area contributed by atoms with Gasteiger partial charge < -0.3 is 20.2 Å². The van der Waals surface area contributed by atoms with Gasteiger partial charge in [-0.1, -0.05) is 12.1 Å². The molecule has 3 N–H and O–H groups in total. The number of nitrogens with two attached hydrogens (primary N) is 1. The number of hydrogen-bond donors (Lipinski definition) is 2. The molecule has 0 aliphatic carbocycles. The molecule has 110 valence electrons. The zero-order valence-electron chi connectivity index (χ0n) is 11.7. The van der Waals surface area contributed by atoms with Crippen molar-refractivity contribution in [2.24, 2.45) is 5.73 Å². The molecule has 7 nitrogen and oxygen atoms in total. The normalized spacial score (nSPS) is 16.5. The topological polar surface area (TPSA) is 114 Å². The van der Waals surface area contributed by atoms with Gasteiger partial charge in [0, 0.05) is 0 Å². The van der Waals surface area contributed by atoms with Crippen molar-refractivity contribution < 1.29 is 9.47 Å². The molecule has 3 rings (SSSR count). The SMILES string of the molecule is COc1cccc([C@H]2C(C#N)=C(N)Oc3nc[nH]c(=O)c32)c1. The summed E-state index contributed by atoms with van der Waals surface area (Å²) in [7, 11) is 1.54. The van der Waals surface area contributed by atoms with Crippen LogP contribution in [0.1, 0.15) is 17.0 Å². The lowest BCUT2D eigenvalue weighted by Crippen LogP contribution is -2.28. The summed E-state index contributed by atoms with van der Waals surface area (Å²) < 4.78 is 10.5. The molecule has 2 heterocycles. The van der Waals surface area contributed by atoms with Gasteiger partial charge in [-0.2, -0.15) is 5.26 Å². The summed E-state index contributed by atoms with van der Waals surface area (Å²) in [5.74, 6) is 0.0111. The van der Waals surface area contributed by atoms with Gasteiger partial charge in [-0.05, 0) is 17.7 Å². The second-order valence-corrected chi connectivity index (χ2v) is 4.65. The number of nitrogens with zero attached hydrogens (tertiary/aromatic N) is 2. The zero-order chi connectivity index (χ0) is 15.7. The van der Waals surface area contributed by atoms with E-state index >= 15 is 0 Å². The first-order valence-corrected chi connectivity index (χ1v) is 6.44. The summed E-state index contributed by atoms with van der Waals surface area (Å²) in [4.78, 5) is 18.7. The third-order valence-electron chi connectivity index (χ3n) is 3.45. The number of allylic oxidation sites excluding steroid dienone is 1. The second kappa shape index (κ2) is 5.26. The number of nitriles is 1. The number of hydrogen-bond acceptors (Lipinski definition) is 6. The molecule has 1 aliphatic heterocycles. The molecular formula is C15H12N4O3. The van der Waals surface area contributed by atoms with E-state index in [0.717, 1.165) is 0 Å². The van der Waals surface area contributed by atoms with E-state index in [2.05, 4.69) is 9.97 Å². The van der Waals surface area contributed by atoms with Gasteiger partial charge in [0.05, 0.1) is 24.9 Å². The van der Waals surface area contributed by atoms with Crippen LogP contribution >= 0.6 is 0 Å². The first kappa shape index (κ1) is 13.7. The van der Waals surface area contributed by atoms with E-state index < -0.39 is 5.92 Å². The first-order chi connectivity index (χ1) is 10.7. The smallest absolute Gasteiger partial charge is 0.258 e. The lowest BCUT2D eigenvalue weighted by Gasteiger charge is -2.24. The Morgan fingerprint density at radius 3 is 3.05 bits per heavy atom. The van der Waals surface area contributed by atoms with Gasteiger partial charge in [0.25, 0.3) is 5.56 Å². The molecule has 1 aromatic heterocycles. The molecule has 7 heteroatoms. The molecule has 0 unspecified atom stereocenters. The fraction of sp³-hybridized carbons (Fsp3) is 0.133. The van der Waals surface area contributed by atoms with E-state index in [9.17, 15) is 10.1 Å². The third-order valence-corrected chi connectivity index (χ3v) is 3.45. The predicted molar refractivity (Wildman–Crippen MR) is 77.1 cm³/mol. The maximum atomic E-state index is 12.2. The summed E-state index contributed by atoms with van der Waals surface area (Å²) in [5, 5.41) is 9.40. The van der Waals surface area contributed by atoms with Gasteiger partial charge in [0.1, 0.15) is 17.4 Å². The molecule has 0 radical (unpaired) electrons. The Hall–Kier alpha value is -3.27. The molecule has 1 aromatic carbocycles. The lowest BCUT2D eigenvalue weighted by atomic mass is 9.85. The Morgan fingerprint density at radius 2 is 2.32 bits per heavy atom. The summed E-state index contributed by atoms with van der Waals surface area (Å²) >= 11 is 0. The van der Waals surface area contributed by atoms with E-state index in [0.29, 0.717) is 11.3 Å². The van der Waals surface area contributed by atoms with Crippen LogP contribution in [-0.4, -0.2) is 17.1 Å². The van der Waals surface area contributed by atoms with Crippen molar-refractivity contribution in [3.05, 3.63) is 63.5 Å². The molecule has 1 aliphatic rings. The van der Waals surface area contributed by atoms with Crippen LogP contribution in [0, 0.1) is 11.3 Å². The number of benzene rings is 1. The largest absolute Gasteiger partial charge is 0.497 e. The summed E-state index contributed by atoms with van der Waals surface area (Å²) in [6.45, 7) is 0. The van der Waals surface area contributed by atoms with Gasteiger partial charge in [-0.3, -0.25) is 4.79 Å². The van der Waals surface area contributed by atoms with Crippen LogP contribution in [0.3, 0.4) is 0 Å². The minimum Gasteiger partial charge on any atom is -0.497 e. The molecule has 0 saturated heterocycles. The van der Waals surface area contributed by atoms with E-state index in [-0.39, 0.29) is 28.5 Å². The highest BCUT2D eigenvalue weighted by atomic mass is 16.5. The van der Waals surface area contributed by atoms with Gasteiger partial charge in [-0.15, -0.1) is 0 Å². The van der Waals surface area contributed by atoms with Crippen LogP contribution in [0.25, 0.3) is 0 Å². The Bertz CT molecular complexity index is 864. The number of rotatable bonds is 2. The Labute approximate surface area is 125 Å². The van der Waals surface area contributed by atoms with Crippen molar-refractivity contribution in [3.63, 3.8) is 0 Å². The zero-order valence-corrected chi connectivity index (χ0v) is 11.7. The fourth-order valence-corrected chi connectivity index (χ4v) is 2.45. The highest BCUT2D eigenvalue weighted by molar-refractivity contribution is 5.53. The maximum absolute atomic E-state index is 12.2. The Kier molecular flexibility index (Phi) is 3.27. The number of nitrogens with one attached hydrogen (secondary N) is 1. The van der Waals surface area contributed by atoms with Gasteiger partial charge in [0.2, 0.25) is 11.8 Å². The van der Waals surface area contributed by atoms with E-state index in [1.807, 2.05) is 6.07 Å². The van der Waals surface area contributed by atoms with Crippen molar-refractivity contribution >= 4 is 0 Å². The molecule has 1 atom stereocenters. The molecule has 0 spiro atoms. The highest BCUT2D eigenvalue weighted by Crippen LogP contribution is 2.39. The Morgan fingerprint density at radius 1 is 1.50 bits per heavy atom. The maximum Gasteiger partial charge on any atom is 0.258 e. The minimum absolute atomic E-state index is 0.0547. The fourth-order valence-electron chi connectivity index (χ4n) is 2.45. The molecule has 0 saturated carbocycles. The minimum atomic E-state index is -0.652. The highest BCUT2D eigenvalue weighted by Gasteiger charge is 2.34. The predicted octanol–water partition coefficient (Wildman–Crippen LogP) is 0.997. The quantitative estimate of drug-likeness (QED) is 0.854.